The van der Waals surface area contributed by atoms with Gasteiger partial charge in [0.1, 0.15) is 5.15 Å². The Bertz CT molecular complexity index is 414. The SMILES string of the molecule is CCCC1CCCN(Cc2c(C)nn(C)c2Cl)CC1. The van der Waals surface area contributed by atoms with E-state index in [2.05, 4.69) is 23.8 Å². The number of rotatable bonds is 4. The van der Waals surface area contributed by atoms with E-state index in [0.29, 0.717) is 0 Å². The van der Waals surface area contributed by atoms with Crippen molar-refractivity contribution in [2.45, 2.75) is 52.5 Å². The standard InChI is InChI=1S/C15H26ClN3/c1-4-6-13-7-5-9-19(10-8-13)11-14-12(2)17-18(3)15(14)16/h13H,4-11H2,1-3H3. The molecule has 0 bridgehead atoms. The van der Waals surface area contributed by atoms with Gasteiger partial charge in [-0.05, 0) is 45.2 Å². The monoisotopic (exact) mass is 283 g/mol. The smallest absolute Gasteiger partial charge is 0.131 e. The molecular weight excluding hydrogens is 258 g/mol. The first kappa shape index (κ1) is 14.9. The molecule has 0 aliphatic carbocycles. The van der Waals surface area contributed by atoms with Gasteiger partial charge in [-0.15, -0.1) is 0 Å². The average Bonchev–Trinajstić information content (AvgIpc) is 2.58. The second-order valence-corrected chi connectivity index (χ2v) is 6.20. The fraction of sp³-hybridized carbons (Fsp3) is 0.800. The second-order valence-electron chi connectivity index (χ2n) is 5.84. The van der Waals surface area contributed by atoms with Crippen LogP contribution in [0.15, 0.2) is 0 Å². The van der Waals surface area contributed by atoms with Gasteiger partial charge < -0.3 is 0 Å². The minimum Gasteiger partial charge on any atom is -0.299 e. The third-order valence-corrected chi connectivity index (χ3v) is 4.76. The summed E-state index contributed by atoms with van der Waals surface area (Å²) in [6, 6.07) is 0. The van der Waals surface area contributed by atoms with Crippen molar-refractivity contribution in [2.75, 3.05) is 13.1 Å². The van der Waals surface area contributed by atoms with Crippen molar-refractivity contribution >= 4 is 11.6 Å². The average molecular weight is 284 g/mol. The van der Waals surface area contributed by atoms with Crippen LogP contribution in [-0.2, 0) is 13.6 Å². The second kappa shape index (κ2) is 6.76. The van der Waals surface area contributed by atoms with Crippen LogP contribution in [0.3, 0.4) is 0 Å². The maximum atomic E-state index is 6.33. The zero-order valence-electron chi connectivity index (χ0n) is 12.5. The molecule has 108 valence electrons. The number of halogens is 1. The summed E-state index contributed by atoms with van der Waals surface area (Å²) in [6.45, 7) is 7.71. The van der Waals surface area contributed by atoms with E-state index in [0.717, 1.165) is 23.3 Å². The molecule has 0 spiro atoms. The third-order valence-electron chi connectivity index (χ3n) is 4.29. The molecule has 3 nitrogen and oxygen atoms in total. The molecule has 1 aliphatic rings. The first-order chi connectivity index (χ1) is 9.11. The highest BCUT2D eigenvalue weighted by Gasteiger charge is 2.19. The molecule has 0 amide bonds. The van der Waals surface area contributed by atoms with E-state index < -0.39 is 0 Å². The van der Waals surface area contributed by atoms with Crippen LogP contribution in [0.1, 0.15) is 50.3 Å². The highest BCUT2D eigenvalue weighted by molar-refractivity contribution is 6.30. The summed E-state index contributed by atoms with van der Waals surface area (Å²) in [4.78, 5) is 2.55. The minimum absolute atomic E-state index is 0.798. The van der Waals surface area contributed by atoms with Gasteiger partial charge >= 0.3 is 0 Å². The van der Waals surface area contributed by atoms with E-state index in [1.165, 1.54) is 50.8 Å². The number of aromatic nitrogens is 2. The molecule has 1 atom stereocenters. The van der Waals surface area contributed by atoms with Gasteiger partial charge in [0.2, 0.25) is 0 Å². The van der Waals surface area contributed by atoms with Crippen molar-refractivity contribution < 1.29 is 0 Å². The molecule has 2 heterocycles. The van der Waals surface area contributed by atoms with E-state index in [1.54, 1.807) is 4.68 Å². The largest absolute Gasteiger partial charge is 0.299 e. The molecule has 0 saturated carbocycles. The minimum atomic E-state index is 0.798. The summed E-state index contributed by atoms with van der Waals surface area (Å²) in [5, 5.41) is 5.20. The van der Waals surface area contributed by atoms with Gasteiger partial charge in [0.05, 0.1) is 5.69 Å². The highest BCUT2D eigenvalue weighted by atomic mass is 35.5. The van der Waals surface area contributed by atoms with Crippen molar-refractivity contribution in [3.8, 4) is 0 Å². The van der Waals surface area contributed by atoms with Crippen molar-refractivity contribution in [3.05, 3.63) is 16.4 Å². The molecule has 1 aromatic rings. The summed E-state index contributed by atoms with van der Waals surface area (Å²) in [5.74, 6) is 0.931. The van der Waals surface area contributed by atoms with E-state index in [-0.39, 0.29) is 0 Å². The zero-order valence-corrected chi connectivity index (χ0v) is 13.2. The molecule has 1 aromatic heterocycles. The topological polar surface area (TPSA) is 21.1 Å². The van der Waals surface area contributed by atoms with Crippen LogP contribution in [-0.4, -0.2) is 27.8 Å². The molecule has 2 rings (SSSR count). The lowest BCUT2D eigenvalue weighted by Crippen LogP contribution is -2.24. The number of likely N-dealkylation sites (tertiary alicyclic amines) is 1. The Morgan fingerprint density at radius 2 is 2.11 bits per heavy atom. The van der Waals surface area contributed by atoms with Crippen molar-refractivity contribution in [1.29, 1.82) is 0 Å². The van der Waals surface area contributed by atoms with E-state index in [1.807, 2.05) is 7.05 Å². The summed E-state index contributed by atoms with van der Waals surface area (Å²) in [5.41, 5.74) is 2.28. The Labute approximate surface area is 121 Å². The van der Waals surface area contributed by atoms with Gasteiger partial charge in [0.15, 0.2) is 0 Å². The summed E-state index contributed by atoms with van der Waals surface area (Å²) in [6.07, 6.45) is 6.76. The van der Waals surface area contributed by atoms with Gasteiger partial charge in [-0.2, -0.15) is 5.10 Å². The number of aryl methyl sites for hydroxylation is 2. The van der Waals surface area contributed by atoms with Gasteiger partial charge in [-0.25, -0.2) is 0 Å². The number of hydrogen-bond donors (Lipinski definition) is 0. The first-order valence-electron chi connectivity index (χ1n) is 7.52. The summed E-state index contributed by atoms with van der Waals surface area (Å²) < 4.78 is 1.78. The first-order valence-corrected chi connectivity index (χ1v) is 7.90. The molecule has 1 unspecified atom stereocenters. The molecular formula is C15H26ClN3. The maximum absolute atomic E-state index is 6.33. The lowest BCUT2D eigenvalue weighted by atomic mass is 9.96. The molecule has 1 aliphatic heterocycles. The highest BCUT2D eigenvalue weighted by Crippen LogP contribution is 2.25. The van der Waals surface area contributed by atoms with E-state index >= 15 is 0 Å². The lowest BCUT2D eigenvalue weighted by molar-refractivity contribution is 0.271. The predicted molar refractivity (Wildman–Crippen MR) is 80.5 cm³/mol. The fourth-order valence-corrected chi connectivity index (χ4v) is 3.39. The van der Waals surface area contributed by atoms with E-state index in [4.69, 9.17) is 11.6 Å². The third kappa shape index (κ3) is 3.73. The van der Waals surface area contributed by atoms with Crippen LogP contribution < -0.4 is 0 Å². The van der Waals surface area contributed by atoms with Crippen LogP contribution >= 0.6 is 11.6 Å². The molecule has 19 heavy (non-hydrogen) atoms. The molecule has 0 aromatic carbocycles. The normalized spacial score (nSPS) is 21.6. The van der Waals surface area contributed by atoms with Crippen LogP contribution in [0.25, 0.3) is 0 Å². The lowest BCUT2D eigenvalue weighted by Gasteiger charge is -2.20. The molecule has 0 radical (unpaired) electrons. The Hall–Kier alpha value is -0.540. The van der Waals surface area contributed by atoms with Crippen molar-refractivity contribution in [1.82, 2.24) is 14.7 Å². The van der Waals surface area contributed by atoms with Crippen molar-refractivity contribution in [3.63, 3.8) is 0 Å². The van der Waals surface area contributed by atoms with Gasteiger partial charge in [0, 0.05) is 19.2 Å². The Morgan fingerprint density at radius 3 is 2.74 bits per heavy atom. The zero-order chi connectivity index (χ0) is 13.8. The van der Waals surface area contributed by atoms with Gasteiger partial charge in [-0.3, -0.25) is 9.58 Å². The molecule has 4 heteroatoms. The summed E-state index contributed by atoms with van der Waals surface area (Å²) >= 11 is 6.33. The molecule has 1 fully saturated rings. The van der Waals surface area contributed by atoms with Gasteiger partial charge in [-0.1, -0.05) is 31.4 Å². The van der Waals surface area contributed by atoms with Crippen molar-refractivity contribution in [2.24, 2.45) is 13.0 Å². The van der Waals surface area contributed by atoms with Crippen LogP contribution in [0.5, 0.6) is 0 Å². The molecule has 0 N–H and O–H groups in total. The number of hydrogen-bond acceptors (Lipinski definition) is 2. The Balaban J connectivity index is 1.96. The predicted octanol–water partition coefficient (Wildman–Crippen LogP) is 3.78. The fourth-order valence-electron chi connectivity index (χ4n) is 3.16. The van der Waals surface area contributed by atoms with Gasteiger partial charge in [0.25, 0.3) is 0 Å². The Kier molecular flexibility index (Phi) is 5.28. The Morgan fingerprint density at radius 1 is 1.32 bits per heavy atom. The van der Waals surface area contributed by atoms with Crippen LogP contribution in [0, 0.1) is 12.8 Å². The summed E-state index contributed by atoms with van der Waals surface area (Å²) in [7, 11) is 1.92. The quantitative estimate of drug-likeness (QED) is 0.838. The number of nitrogens with zero attached hydrogens (tertiary/aromatic N) is 3. The van der Waals surface area contributed by atoms with E-state index in [9.17, 15) is 0 Å². The molecule has 1 saturated heterocycles. The maximum Gasteiger partial charge on any atom is 0.131 e. The van der Waals surface area contributed by atoms with Crippen LogP contribution in [0.4, 0.5) is 0 Å². The van der Waals surface area contributed by atoms with Crippen LogP contribution in [0.2, 0.25) is 5.15 Å².